The van der Waals surface area contributed by atoms with Crippen LogP contribution in [0.5, 0.6) is 0 Å². The fourth-order valence-electron chi connectivity index (χ4n) is 1.32. The number of benzene rings is 1. The van der Waals surface area contributed by atoms with E-state index in [1.807, 2.05) is 0 Å². The average molecular weight is 253 g/mol. The Labute approximate surface area is 98.5 Å². The van der Waals surface area contributed by atoms with Gasteiger partial charge < -0.3 is 0 Å². The van der Waals surface area contributed by atoms with E-state index in [9.17, 15) is 8.42 Å². The van der Waals surface area contributed by atoms with Gasteiger partial charge in [0.15, 0.2) is 0 Å². The lowest BCUT2D eigenvalue weighted by atomic mass is 10.2. The zero-order valence-electron chi connectivity index (χ0n) is 9.32. The molecule has 8 heteroatoms. The number of rotatable bonds is 3. The van der Waals surface area contributed by atoms with Gasteiger partial charge in [-0.2, -0.15) is 4.80 Å². The summed E-state index contributed by atoms with van der Waals surface area (Å²) in [5, 5.41) is 11.5. The van der Waals surface area contributed by atoms with Crippen LogP contribution >= 0.6 is 0 Å². The number of aromatic nitrogens is 4. The van der Waals surface area contributed by atoms with Crippen LogP contribution in [0.1, 0.15) is 0 Å². The van der Waals surface area contributed by atoms with Gasteiger partial charge in [-0.1, -0.05) is 12.1 Å². The number of nitrogens with zero attached hydrogens (tertiary/aromatic N) is 4. The van der Waals surface area contributed by atoms with Crippen molar-refractivity contribution in [1.82, 2.24) is 24.9 Å². The van der Waals surface area contributed by atoms with Crippen molar-refractivity contribution >= 4 is 10.0 Å². The van der Waals surface area contributed by atoms with Crippen LogP contribution in [0.3, 0.4) is 0 Å². The summed E-state index contributed by atoms with van der Waals surface area (Å²) in [4.78, 5) is 1.49. The van der Waals surface area contributed by atoms with Gasteiger partial charge in [0.2, 0.25) is 15.8 Å². The monoisotopic (exact) mass is 253 g/mol. The highest BCUT2D eigenvalue weighted by molar-refractivity contribution is 7.89. The van der Waals surface area contributed by atoms with E-state index in [-0.39, 0.29) is 4.90 Å². The molecule has 0 fully saturated rings. The Morgan fingerprint density at radius 3 is 2.71 bits per heavy atom. The Balaban J connectivity index is 2.49. The third kappa shape index (κ3) is 2.32. The molecule has 0 aliphatic heterocycles. The summed E-state index contributed by atoms with van der Waals surface area (Å²) in [5.74, 6) is 0.389. The van der Waals surface area contributed by atoms with Crippen LogP contribution in [0.25, 0.3) is 11.4 Å². The Morgan fingerprint density at radius 2 is 2.12 bits per heavy atom. The second-order valence-corrected chi connectivity index (χ2v) is 5.22. The lowest BCUT2D eigenvalue weighted by molar-refractivity contribution is 0.588. The molecule has 0 spiro atoms. The predicted molar refractivity (Wildman–Crippen MR) is 60.5 cm³/mol. The maximum absolute atomic E-state index is 11.6. The molecular weight excluding hydrogens is 242 g/mol. The summed E-state index contributed by atoms with van der Waals surface area (Å²) in [6.07, 6.45) is 0. The zero-order chi connectivity index (χ0) is 12.5. The maximum Gasteiger partial charge on any atom is 0.240 e. The van der Waals surface area contributed by atoms with E-state index in [1.54, 1.807) is 19.2 Å². The van der Waals surface area contributed by atoms with Gasteiger partial charge in [0.05, 0.1) is 11.9 Å². The summed E-state index contributed by atoms with van der Waals surface area (Å²) >= 11 is 0. The molecule has 1 heterocycles. The molecule has 0 saturated heterocycles. The Hall–Kier alpha value is -1.80. The van der Waals surface area contributed by atoms with E-state index in [2.05, 4.69) is 20.1 Å². The first-order chi connectivity index (χ1) is 8.03. The zero-order valence-corrected chi connectivity index (χ0v) is 10.1. The van der Waals surface area contributed by atoms with Crippen LogP contribution in [0.2, 0.25) is 0 Å². The van der Waals surface area contributed by atoms with E-state index < -0.39 is 10.0 Å². The highest BCUT2D eigenvalue weighted by Gasteiger charge is 2.13. The molecule has 7 nitrogen and oxygen atoms in total. The number of aryl methyl sites for hydroxylation is 1. The lowest BCUT2D eigenvalue weighted by Gasteiger charge is -2.02. The van der Waals surface area contributed by atoms with Gasteiger partial charge in [0.25, 0.3) is 0 Å². The summed E-state index contributed by atoms with van der Waals surface area (Å²) in [7, 11) is -0.447. The third-order valence-corrected chi connectivity index (χ3v) is 3.59. The van der Waals surface area contributed by atoms with E-state index in [4.69, 9.17) is 0 Å². The predicted octanol–water partition coefficient (Wildman–Crippen LogP) is -0.215. The van der Waals surface area contributed by atoms with Crippen molar-refractivity contribution < 1.29 is 8.42 Å². The van der Waals surface area contributed by atoms with Gasteiger partial charge in [-0.25, -0.2) is 13.1 Å². The highest BCUT2D eigenvalue weighted by atomic mass is 32.2. The van der Waals surface area contributed by atoms with Gasteiger partial charge in [-0.15, -0.1) is 10.2 Å². The second kappa shape index (κ2) is 4.22. The van der Waals surface area contributed by atoms with Crippen molar-refractivity contribution in [2.75, 3.05) is 7.05 Å². The number of sulfonamides is 1. The molecule has 0 saturated carbocycles. The molecule has 2 rings (SSSR count). The van der Waals surface area contributed by atoms with Crippen LogP contribution in [0.15, 0.2) is 29.2 Å². The normalized spacial score (nSPS) is 11.6. The standard InChI is InChI=1S/C9H11N5O2S/c1-10-17(15,16)8-5-3-4-7(6-8)9-11-13-14(2)12-9/h3-6,10H,1-2H3. The Morgan fingerprint density at radius 1 is 1.35 bits per heavy atom. The van der Waals surface area contributed by atoms with Crippen molar-refractivity contribution in [3.63, 3.8) is 0 Å². The van der Waals surface area contributed by atoms with Crippen molar-refractivity contribution in [1.29, 1.82) is 0 Å². The van der Waals surface area contributed by atoms with Gasteiger partial charge in [0, 0.05) is 5.56 Å². The van der Waals surface area contributed by atoms with Crippen LogP contribution in [0.4, 0.5) is 0 Å². The van der Waals surface area contributed by atoms with Crippen molar-refractivity contribution in [3.8, 4) is 11.4 Å². The molecule has 0 amide bonds. The molecule has 1 aromatic heterocycles. The van der Waals surface area contributed by atoms with E-state index in [1.165, 1.54) is 24.0 Å². The molecule has 1 aromatic carbocycles. The van der Waals surface area contributed by atoms with Gasteiger partial charge in [-0.05, 0) is 24.4 Å². The van der Waals surface area contributed by atoms with E-state index in [0.29, 0.717) is 11.4 Å². The molecule has 1 N–H and O–H groups in total. The van der Waals surface area contributed by atoms with Gasteiger partial charge in [0.1, 0.15) is 0 Å². The molecule has 0 radical (unpaired) electrons. The smallest absolute Gasteiger partial charge is 0.214 e. The number of hydrogen-bond acceptors (Lipinski definition) is 5. The topological polar surface area (TPSA) is 89.8 Å². The van der Waals surface area contributed by atoms with Gasteiger partial charge in [-0.3, -0.25) is 0 Å². The summed E-state index contributed by atoms with van der Waals surface area (Å²) < 4.78 is 25.5. The van der Waals surface area contributed by atoms with Crippen molar-refractivity contribution in [3.05, 3.63) is 24.3 Å². The van der Waals surface area contributed by atoms with Crippen LogP contribution in [0, 0.1) is 0 Å². The minimum Gasteiger partial charge on any atom is -0.214 e. The molecule has 0 aliphatic carbocycles. The Bertz CT molecular complexity index is 634. The maximum atomic E-state index is 11.6. The van der Waals surface area contributed by atoms with Crippen molar-refractivity contribution in [2.24, 2.45) is 7.05 Å². The summed E-state index contributed by atoms with van der Waals surface area (Å²) in [6.45, 7) is 0. The van der Waals surface area contributed by atoms with E-state index >= 15 is 0 Å². The molecule has 90 valence electrons. The number of nitrogens with one attached hydrogen (secondary N) is 1. The average Bonchev–Trinajstić information content (AvgIpc) is 2.76. The number of hydrogen-bond donors (Lipinski definition) is 1. The number of tetrazole rings is 1. The van der Waals surface area contributed by atoms with Crippen LogP contribution in [-0.4, -0.2) is 35.7 Å². The van der Waals surface area contributed by atoms with Crippen molar-refractivity contribution in [2.45, 2.75) is 4.90 Å². The molecule has 0 bridgehead atoms. The molecule has 0 atom stereocenters. The van der Waals surface area contributed by atoms with E-state index in [0.717, 1.165) is 0 Å². The fraction of sp³-hybridized carbons (Fsp3) is 0.222. The fourth-order valence-corrected chi connectivity index (χ4v) is 2.10. The van der Waals surface area contributed by atoms with Crippen LogP contribution < -0.4 is 4.72 Å². The molecule has 0 unspecified atom stereocenters. The quantitative estimate of drug-likeness (QED) is 0.817. The largest absolute Gasteiger partial charge is 0.240 e. The molecule has 0 aliphatic rings. The summed E-state index contributed by atoms with van der Waals surface area (Å²) in [5.41, 5.74) is 0.606. The molecule has 17 heavy (non-hydrogen) atoms. The minimum absolute atomic E-state index is 0.171. The van der Waals surface area contributed by atoms with Crippen LogP contribution in [-0.2, 0) is 17.1 Å². The SMILES string of the molecule is CNS(=O)(=O)c1cccc(-c2nnn(C)n2)c1. The highest BCUT2D eigenvalue weighted by Crippen LogP contribution is 2.18. The lowest BCUT2D eigenvalue weighted by Crippen LogP contribution is -2.18. The molecular formula is C9H11N5O2S. The first-order valence-corrected chi connectivity index (χ1v) is 6.29. The summed E-state index contributed by atoms with van der Waals surface area (Å²) in [6, 6.07) is 6.37. The molecule has 2 aromatic rings. The third-order valence-electron chi connectivity index (χ3n) is 2.18. The Kier molecular flexibility index (Phi) is 2.90. The second-order valence-electron chi connectivity index (χ2n) is 3.34. The minimum atomic E-state index is -3.45. The first kappa shape index (κ1) is 11.7. The first-order valence-electron chi connectivity index (χ1n) is 4.81. The van der Waals surface area contributed by atoms with Gasteiger partial charge >= 0.3 is 0 Å².